The van der Waals surface area contributed by atoms with Crippen LogP contribution in [0, 0.1) is 0 Å². The molecular formula is C14H11N5S. The summed E-state index contributed by atoms with van der Waals surface area (Å²) in [5.74, 6) is 0.791. The Morgan fingerprint density at radius 2 is 1.95 bits per heavy atom. The van der Waals surface area contributed by atoms with Gasteiger partial charge in [-0.1, -0.05) is 42.1 Å². The molecule has 0 saturated heterocycles. The number of aromatic nitrogens is 4. The van der Waals surface area contributed by atoms with Gasteiger partial charge in [-0.3, -0.25) is 4.98 Å². The third kappa shape index (κ3) is 1.85. The van der Waals surface area contributed by atoms with Crippen LogP contribution in [0.25, 0.3) is 11.4 Å². The van der Waals surface area contributed by atoms with Gasteiger partial charge in [0.1, 0.15) is 5.37 Å². The van der Waals surface area contributed by atoms with Crippen LogP contribution in [0.3, 0.4) is 0 Å². The predicted molar refractivity (Wildman–Crippen MR) is 77.7 cm³/mol. The Bertz CT molecular complexity index is 726. The lowest BCUT2D eigenvalue weighted by molar-refractivity contribution is 0.792. The molecule has 1 aliphatic heterocycles. The van der Waals surface area contributed by atoms with Gasteiger partial charge in [0.05, 0.1) is 0 Å². The van der Waals surface area contributed by atoms with Crippen LogP contribution in [0.1, 0.15) is 10.9 Å². The molecule has 3 aromatic rings. The summed E-state index contributed by atoms with van der Waals surface area (Å²) in [5.41, 5.74) is 5.60. The Labute approximate surface area is 120 Å². The van der Waals surface area contributed by atoms with Crippen LogP contribution in [-0.4, -0.2) is 19.9 Å². The number of fused-ring (bicyclic) bond motifs is 1. The molecule has 0 spiro atoms. The summed E-state index contributed by atoms with van der Waals surface area (Å²) in [5, 5.41) is 9.50. The monoisotopic (exact) mass is 281 g/mol. The lowest BCUT2D eigenvalue weighted by atomic mass is 10.2. The summed E-state index contributed by atoms with van der Waals surface area (Å²) < 4.78 is 1.93. The average molecular weight is 281 g/mol. The Kier molecular flexibility index (Phi) is 2.67. The fourth-order valence-corrected chi connectivity index (χ4v) is 3.16. The van der Waals surface area contributed by atoms with Crippen molar-refractivity contribution in [3.05, 3.63) is 60.4 Å². The lowest BCUT2D eigenvalue weighted by Gasteiger charge is -2.11. The predicted octanol–water partition coefficient (Wildman–Crippen LogP) is 2.69. The Balaban J connectivity index is 1.68. The van der Waals surface area contributed by atoms with Gasteiger partial charge in [-0.2, -0.15) is 0 Å². The van der Waals surface area contributed by atoms with E-state index in [1.807, 2.05) is 35.0 Å². The molecular weight excluding hydrogens is 270 g/mol. The van der Waals surface area contributed by atoms with Gasteiger partial charge < -0.3 is 5.43 Å². The van der Waals surface area contributed by atoms with Crippen LogP contribution >= 0.6 is 11.8 Å². The largest absolute Gasteiger partial charge is 0.304 e. The van der Waals surface area contributed by atoms with Gasteiger partial charge in [-0.15, -0.1) is 10.2 Å². The van der Waals surface area contributed by atoms with Crippen LogP contribution in [0.15, 0.2) is 60.0 Å². The first-order valence-corrected chi connectivity index (χ1v) is 7.14. The number of nitrogens with zero attached hydrogens (tertiary/aromatic N) is 4. The molecule has 20 heavy (non-hydrogen) atoms. The van der Waals surface area contributed by atoms with Crippen molar-refractivity contribution in [2.75, 3.05) is 5.43 Å². The Morgan fingerprint density at radius 3 is 2.75 bits per heavy atom. The second-order valence-corrected chi connectivity index (χ2v) is 5.49. The van der Waals surface area contributed by atoms with Crippen LogP contribution in [0.4, 0.5) is 0 Å². The third-order valence-corrected chi connectivity index (χ3v) is 4.21. The number of thioether (sulfide) groups is 1. The van der Waals surface area contributed by atoms with E-state index in [4.69, 9.17) is 0 Å². The summed E-state index contributed by atoms with van der Waals surface area (Å²) in [6.07, 6.45) is 3.54. The molecule has 0 bridgehead atoms. The van der Waals surface area contributed by atoms with Crippen molar-refractivity contribution in [2.45, 2.75) is 10.5 Å². The molecule has 1 atom stereocenters. The van der Waals surface area contributed by atoms with E-state index >= 15 is 0 Å². The van der Waals surface area contributed by atoms with Crippen molar-refractivity contribution >= 4 is 11.8 Å². The van der Waals surface area contributed by atoms with Crippen molar-refractivity contribution in [2.24, 2.45) is 0 Å². The van der Waals surface area contributed by atoms with Crippen molar-refractivity contribution in [1.82, 2.24) is 19.9 Å². The zero-order valence-electron chi connectivity index (χ0n) is 10.5. The number of benzene rings is 1. The maximum atomic E-state index is 4.23. The molecule has 0 saturated carbocycles. The zero-order chi connectivity index (χ0) is 13.4. The first-order chi connectivity index (χ1) is 9.92. The first kappa shape index (κ1) is 11.5. The number of nitrogens with one attached hydrogen (secondary N) is 1. The second-order valence-electron chi connectivity index (χ2n) is 4.42. The van der Waals surface area contributed by atoms with E-state index in [9.17, 15) is 0 Å². The zero-order valence-corrected chi connectivity index (χ0v) is 11.3. The van der Waals surface area contributed by atoms with Crippen molar-refractivity contribution < 1.29 is 0 Å². The second kappa shape index (κ2) is 4.64. The van der Waals surface area contributed by atoms with E-state index in [0.717, 1.165) is 16.5 Å². The van der Waals surface area contributed by atoms with Crippen LogP contribution < -0.4 is 5.43 Å². The maximum Gasteiger partial charge on any atom is 0.212 e. The van der Waals surface area contributed by atoms with E-state index < -0.39 is 0 Å². The fourth-order valence-electron chi connectivity index (χ4n) is 2.16. The van der Waals surface area contributed by atoms with Crippen LogP contribution in [0.5, 0.6) is 0 Å². The van der Waals surface area contributed by atoms with E-state index in [1.54, 1.807) is 24.2 Å². The number of rotatable bonds is 2. The minimum Gasteiger partial charge on any atom is -0.304 e. The van der Waals surface area contributed by atoms with E-state index in [2.05, 4.69) is 32.7 Å². The molecule has 1 N–H and O–H groups in total. The van der Waals surface area contributed by atoms with Crippen molar-refractivity contribution in [3.8, 4) is 11.4 Å². The maximum absolute atomic E-state index is 4.23. The smallest absolute Gasteiger partial charge is 0.212 e. The van der Waals surface area contributed by atoms with Gasteiger partial charge in [-0.05, 0) is 17.7 Å². The normalized spacial score (nSPS) is 16.7. The molecule has 4 rings (SSSR count). The van der Waals surface area contributed by atoms with Gasteiger partial charge in [0.15, 0.2) is 5.82 Å². The molecule has 1 aliphatic rings. The van der Waals surface area contributed by atoms with Crippen LogP contribution in [0.2, 0.25) is 0 Å². The summed E-state index contributed by atoms with van der Waals surface area (Å²) >= 11 is 1.66. The average Bonchev–Trinajstić information content (AvgIpc) is 3.09. The van der Waals surface area contributed by atoms with Gasteiger partial charge in [0.25, 0.3) is 0 Å². The molecule has 3 heterocycles. The quantitative estimate of drug-likeness (QED) is 0.782. The standard InChI is InChI=1S/C14H11N5S/c1-2-5-10(6-3-1)13-18-19-12(16-17-14(19)20-13)11-7-4-8-15-9-11/h1-9,13,18H/t13-/m0/s1. The summed E-state index contributed by atoms with van der Waals surface area (Å²) in [6, 6.07) is 14.2. The molecule has 0 unspecified atom stereocenters. The lowest BCUT2D eigenvalue weighted by Crippen LogP contribution is -2.13. The van der Waals surface area contributed by atoms with Crippen LogP contribution in [-0.2, 0) is 0 Å². The topological polar surface area (TPSA) is 55.6 Å². The van der Waals surface area contributed by atoms with Gasteiger partial charge in [0, 0.05) is 18.0 Å². The molecule has 0 radical (unpaired) electrons. The SMILES string of the molecule is c1ccc([C@H]2Nn3c(nnc3-c3cccnc3)S2)cc1. The highest BCUT2D eigenvalue weighted by Crippen LogP contribution is 2.39. The molecule has 98 valence electrons. The van der Waals surface area contributed by atoms with Crippen molar-refractivity contribution in [3.63, 3.8) is 0 Å². The molecule has 0 aliphatic carbocycles. The minimum absolute atomic E-state index is 0.164. The number of pyridine rings is 1. The highest BCUT2D eigenvalue weighted by atomic mass is 32.2. The van der Waals surface area contributed by atoms with E-state index in [-0.39, 0.29) is 5.37 Å². The molecule has 0 fully saturated rings. The molecule has 6 heteroatoms. The summed E-state index contributed by atoms with van der Waals surface area (Å²) in [6.45, 7) is 0. The van der Waals surface area contributed by atoms with Gasteiger partial charge >= 0.3 is 0 Å². The van der Waals surface area contributed by atoms with Gasteiger partial charge in [0.2, 0.25) is 5.16 Å². The Hall–Kier alpha value is -2.34. The fraction of sp³-hybridized carbons (Fsp3) is 0.0714. The number of hydrogen-bond acceptors (Lipinski definition) is 5. The highest BCUT2D eigenvalue weighted by Gasteiger charge is 2.27. The summed E-state index contributed by atoms with van der Waals surface area (Å²) in [4.78, 5) is 4.13. The highest BCUT2D eigenvalue weighted by molar-refractivity contribution is 7.99. The number of hydrogen-bond donors (Lipinski definition) is 1. The minimum atomic E-state index is 0.164. The van der Waals surface area contributed by atoms with Crippen molar-refractivity contribution in [1.29, 1.82) is 0 Å². The Morgan fingerprint density at radius 1 is 1.05 bits per heavy atom. The summed E-state index contributed by atoms with van der Waals surface area (Å²) in [7, 11) is 0. The van der Waals surface area contributed by atoms with Gasteiger partial charge in [-0.25, -0.2) is 4.68 Å². The molecule has 1 aromatic carbocycles. The van der Waals surface area contributed by atoms with E-state index in [0.29, 0.717) is 0 Å². The molecule has 0 amide bonds. The molecule has 5 nitrogen and oxygen atoms in total. The van der Waals surface area contributed by atoms with E-state index in [1.165, 1.54) is 5.56 Å². The third-order valence-electron chi connectivity index (χ3n) is 3.13. The molecule has 2 aromatic heterocycles. The first-order valence-electron chi connectivity index (χ1n) is 6.26.